The molecule has 3 aromatic rings. The van der Waals surface area contributed by atoms with Gasteiger partial charge in [0.25, 0.3) is 0 Å². The summed E-state index contributed by atoms with van der Waals surface area (Å²) in [7, 11) is 0. The van der Waals surface area contributed by atoms with E-state index in [-0.39, 0.29) is 18.8 Å². The second kappa shape index (κ2) is 12.9. The molecule has 3 atom stereocenters. The van der Waals surface area contributed by atoms with Gasteiger partial charge >= 0.3 is 11.9 Å². The first kappa shape index (κ1) is 24.6. The third-order valence-electron chi connectivity index (χ3n) is 4.97. The molecule has 0 spiro atoms. The molecule has 3 aromatic carbocycles. The van der Waals surface area contributed by atoms with Crippen LogP contribution >= 0.6 is 0 Å². The minimum absolute atomic E-state index is 0.153. The molecule has 0 N–H and O–H groups in total. The molecule has 0 aliphatic carbocycles. The first-order valence-corrected chi connectivity index (χ1v) is 10.9. The summed E-state index contributed by atoms with van der Waals surface area (Å²) in [5.41, 5.74) is 1.54. The molecule has 6 nitrogen and oxygen atoms in total. The topological polar surface area (TPSA) is 74.2 Å². The van der Waals surface area contributed by atoms with Crippen LogP contribution in [0.15, 0.2) is 96.2 Å². The highest BCUT2D eigenvalue weighted by Gasteiger charge is 2.31. The minimum atomic E-state index is -1.78. The lowest BCUT2D eigenvalue weighted by molar-refractivity contribution is -0.0168. The van der Waals surface area contributed by atoms with Crippen molar-refractivity contribution in [1.82, 2.24) is 0 Å². The number of carbonyl (C=O) groups is 2. The molecule has 0 fully saturated rings. The van der Waals surface area contributed by atoms with Gasteiger partial charge in [-0.15, -0.1) is 0 Å². The average Bonchev–Trinajstić information content (AvgIpc) is 2.89. The lowest BCUT2D eigenvalue weighted by Crippen LogP contribution is -2.37. The Hall–Kier alpha value is -4.00. The standard InChI is InChI=1S/C27H26FNO5/c1-20(18-32-26(30)22-13-7-3-8-14-22)25(34-27(31)23-15-9-4-10-16-23)24(28)17-29-33-19-21-11-5-2-6-12-21/h2-17,20,24-25H,18-19H2,1H3/b29-17-/t20-,24+,25+/m0/s1. The summed E-state index contributed by atoms with van der Waals surface area (Å²) < 4.78 is 25.9. The predicted octanol–water partition coefficient (Wildman–Crippen LogP) is 5.25. The largest absolute Gasteiger partial charge is 0.462 e. The van der Waals surface area contributed by atoms with Gasteiger partial charge in [-0.25, -0.2) is 14.0 Å². The van der Waals surface area contributed by atoms with E-state index in [4.69, 9.17) is 14.3 Å². The van der Waals surface area contributed by atoms with Crippen LogP contribution in [0, 0.1) is 5.92 Å². The van der Waals surface area contributed by atoms with Gasteiger partial charge in [-0.05, 0) is 29.8 Å². The number of hydrogen-bond acceptors (Lipinski definition) is 6. The van der Waals surface area contributed by atoms with Crippen LogP contribution in [0.2, 0.25) is 0 Å². The first-order chi connectivity index (χ1) is 16.5. The van der Waals surface area contributed by atoms with E-state index >= 15 is 4.39 Å². The van der Waals surface area contributed by atoms with Crippen LogP contribution in [0.1, 0.15) is 33.2 Å². The van der Waals surface area contributed by atoms with Crippen LogP contribution < -0.4 is 0 Å². The highest BCUT2D eigenvalue weighted by Crippen LogP contribution is 2.18. The van der Waals surface area contributed by atoms with Crippen molar-refractivity contribution >= 4 is 18.2 Å². The van der Waals surface area contributed by atoms with Crippen LogP contribution in [0.3, 0.4) is 0 Å². The van der Waals surface area contributed by atoms with Crippen molar-refractivity contribution in [2.75, 3.05) is 6.61 Å². The molecule has 7 heteroatoms. The van der Waals surface area contributed by atoms with Gasteiger partial charge in [0.2, 0.25) is 0 Å². The molecule has 0 amide bonds. The van der Waals surface area contributed by atoms with Gasteiger partial charge in [0.1, 0.15) is 12.7 Å². The van der Waals surface area contributed by atoms with Gasteiger partial charge in [0, 0.05) is 5.92 Å². The second-order valence-corrected chi connectivity index (χ2v) is 7.64. The van der Waals surface area contributed by atoms with Gasteiger partial charge < -0.3 is 14.3 Å². The number of nitrogens with zero attached hydrogens (tertiary/aromatic N) is 1. The van der Waals surface area contributed by atoms with Crippen molar-refractivity contribution < 1.29 is 28.3 Å². The number of benzene rings is 3. The summed E-state index contributed by atoms with van der Waals surface area (Å²) in [4.78, 5) is 30.0. The highest BCUT2D eigenvalue weighted by molar-refractivity contribution is 5.90. The number of rotatable bonds is 11. The summed E-state index contributed by atoms with van der Waals surface area (Å²) in [6, 6.07) is 26.0. The Bertz CT molecular complexity index is 1060. The summed E-state index contributed by atoms with van der Waals surface area (Å²) in [6.07, 6.45) is -2.09. The van der Waals surface area contributed by atoms with Gasteiger partial charge in [0.05, 0.1) is 23.9 Å². The Kier molecular flexibility index (Phi) is 9.34. The Morgan fingerprint density at radius 1 is 0.853 bits per heavy atom. The molecule has 34 heavy (non-hydrogen) atoms. The van der Waals surface area contributed by atoms with Crippen LogP contribution in [-0.2, 0) is 20.9 Å². The van der Waals surface area contributed by atoms with E-state index in [1.54, 1.807) is 67.6 Å². The number of carbonyl (C=O) groups excluding carboxylic acids is 2. The Morgan fingerprint density at radius 3 is 1.97 bits per heavy atom. The van der Waals surface area contributed by atoms with Gasteiger partial charge in [-0.3, -0.25) is 0 Å². The van der Waals surface area contributed by atoms with Crippen molar-refractivity contribution in [2.45, 2.75) is 25.8 Å². The smallest absolute Gasteiger partial charge is 0.338 e. The van der Waals surface area contributed by atoms with E-state index < -0.39 is 30.1 Å². The Balaban J connectivity index is 1.64. The van der Waals surface area contributed by atoms with E-state index in [1.807, 2.05) is 30.3 Å². The normalized spacial score (nSPS) is 13.6. The van der Waals surface area contributed by atoms with Crippen LogP contribution in [0.4, 0.5) is 4.39 Å². The number of hydrogen-bond donors (Lipinski definition) is 0. The predicted molar refractivity (Wildman–Crippen MR) is 126 cm³/mol. The molecule has 0 radical (unpaired) electrons. The Labute approximate surface area is 198 Å². The molecule has 0 aliphatic heterocycles. The third-order valence-corrected chi connectivity index (χ3v) is 4.97. The van der Waals surface area contributed by atoms with Crippen molar-refractivity contribution in [2.24, 2.45) is 11.1 Å². The number of oxime groups is 1. The van der Waals surface area contributed by atoms with E-state index in [0.717, 1.165) is 11.8 Å². The molecule has 3 rings (SSSR count). The fourth-order valence-electron chi connectivity index (χ4n) is 3.09. The molecule has 0 bridgehead atoms. The maximum atomic E-state index is 15.1. The maximum absolute atomic E-state index is 15.1. The van der Waals surface area contributed by atoms with Crippen LogP contribution in [0.25, 0.3) is 0 Å². The highest BCUT2D eigenvalue weighted by atomic mass is 19.1. The maximum Gasteiger partial charge on any atom is 0.338 e. The third kappa shape index (κ3) is 7.55. The summed E-state index contributed by atoms with van der Waals surface area (Å²) in [6.45, 7) is 1.65. The summed E-state index contributed by atoms with van der Waals surface area (Å²) in [5, 5.41) is 3.69. The minimum Gasteiger partial charge on any atom is -0.462 e. The number of ether oxygens (including phenoxy) is 2. The molecule has 0 aromatic heterocycles. The zero-order chi connectivity index (χ0) is 24.2. The van der Waals surface area contributed by atoms with Gasteiger partial charge in [0.15, 0.2) is 6.17 Å². The molecule has 0 heterocycles. The van der Waals surface area contributed by atoms with E-state index in [1.165, 1.54) is 0 Å². The lowest BCUT2D eigenvalue weighted by Gasteiger charge is -2.25. The van der Waals surface area contributed by atoms with Crippen LogP contribution in [-0.4, -0.2) is 37.0 Å². The van der Waals surface area contributed by atoms with Crippen molar-refractivity contribution in [1.29, 1.82) is 0 Å². The van der Waals surface area contributed by atoms with E-state index in [9.17, 15) is 9.59 Å². The monoisotopic (exact) mass is 463 g/mol. The SMILES string of the molecule is C[C@@H](COC(=O)c1ccccc1)[C@@H](OC(=O)c1ccccc1)[C@H](F)/C=N\OCc1ccccc1. The lowest BCUT2D eigenvalue weighted by atomic mass is 10.0. The fourth-order valence-corrected chi connectivity index (χ4v) is 3.09. The number of esters is 2. The van der Waals surface area contributed by atoms with Crippen molar-refractivity contribution in [3.8, 4) is 0 Å². The van der Waals surface area contributed by atoms with E-state index in [0.29, 0.717) is 5.56 Å². The summed E-state index contributed by atoms with van der Waals surface area (Å²) in [5.74, 6) is -1.89. The number of alkyl halides is 1. The molecule has 0 unspecified atom stereocenters. The fraction of sp³-hybridized carbons (Fsp3) is 0.222. The van der Waals surface area contributed by atoms with E-state index in [2.05, 4.69) is 5.16 Å². The van der Waals surface area contributed by atoms with Crippen molar-refractivity contribution in [3.05, 3.63) is 108 Å². The molecule has 0 saturated heterocycles. The van der Waals surface area contributed by atoms with Gasteiger partial charge in [-0.2, -0.15) is 0 Å². The zero-order valence-corrected chi connectivity index (χ0v) is 18.8. The Morgan fingerprint density at radius 2 is 1.38 bits per heavy atom. The first-order valence-electron chi connectivity index (χ1n) is 10.9. The molecule has 176 valence electrons. The molecule has 0 aliphatic rings. The van der Waals surface area contributed by atoms with Crippen LogP contribution in [0.5, 0.6) is 0 Å². The molecule has 0 saturated carbocycles. The zero-order valence-electron chi connectivity index (χ0n) is 18.8. The van der Waals surface area contributed by atoms with Gasteiger partial charge in [-0.1, -0.05) is 78.8 Å². The molecular formula is C27H26FNO5. The van der Waals surface area contributed by atoms with Crippen molar-refractivity contribution in [3.63, 3.8) is 0 Å². The number of halogens is 1. The molecular weight excluding hydrogens is 437 g/mol. The summed E-state index contributed by atoms with van der Waals surface area (Å²) >= 11 is 0. The quantitative estimate of drug-likeness (QED) is 0.221. The second-order valence-electron chi connectivity index (χ2n) is 7.64. The average molecular weight is 464 g/mol.